The van der Waals surface area contributed by atoms with Crippen LogP contribution >= 0.6 is 11.6 Å². The van der Waals surface area contributed by atoms with E-state index in [0.717, 1.165) is 38.1 Å². The summed E-state index contributed by atoms with van der Waals surface area (Å²) in [6.07, 6.45) is 0. The van der Waals surface area contributed by atoms with Crippen molar-refractivity contribution in [2.24, 2.45) is 0 Å². The van der Waals surface area contributed by atoms with Crippen LogP contribution in [0.3, 0.4) is 0 Å². The van der Waals surface area contributed by atoms with Crippen molar-refractivity contribution < 1.29 is 4.42 Å². The monoisotopic (exact) mass is 394 g/mol. The Hall–Kier alpha value is -3.03. The Morgan fingerprint density at radius 1 is 0.690 bits per heavy atom. The third kappa shape index (κ3) is 2.28. The lowest BCUT2D eigenvalue weighted by Crippen LogP contribution is -2.14. The van der Waals surface area contributed by atoms with Gasteiger partial charge in [0.1, 0.15) is 11.2 Å². The number of benzene rings is 4. The standard InChI is InChI=1S/C27H19ClO/c1-27(2)21-9-5-3-8-20(21)26-22(27)13-17(14-23(26)28)16-11-12-19-18-7-4-6-10-24(18)29-25(19)15-16/h3-15H,1-2H3. The number of furan rings is 1. The van der Waals surface area contributed by atoms with E-state index in [4.69, 9.17) is 16.0 Å². The van der Waals surface area contributed by atoms with Crippen molar-refractivity contribution in [3.8, 4) is 22.3 Å². The average molecular weight is 395 g/mol. The largest absolute Gasteiger partial charge is 0.456 e. The highest BCUT2D eigenvalue weighted by Gasteiger charge is 2.36. The number of halogens is 1. The zero-order valence-electron chi connectivity index (χ0n) is 16.3. The van der Waals surface area contributed by atoms with Crippen LogP contribution in [0.2, 0.25) is 5.02 Å². The first-order chi connectivity index (χ1) is 14.0. The van der Waals surface area contributed by atoms with E-state index in [1.807, 2.05) is 18.2 Å². The van der Waals surface area contributed by atoms with E-state index >= 15 is 0 Å². The van der Waals surface area contributed by atoms with E-state index < -0.39 is 0 Å². The third-order valence-electron chi connectivity index (χ3n) is 6.35. The summed E-state index contributed by atoms with van der Waals surface area (Å²) >= 11 is 6.84. The van der Waals surface area contributed by atoms with Crippen molar-refractivity contribution in [2.75, 3.05) is 0 Å². The Labute approximate surface area is 174 Å². The lowest BCUT2D eigenvalue weighted by Gasteiger charge is -2.22. The molecule has 0 aliphatic heterocycles. The van der Waals surface area contributed by atoms with Crippen LogP contribution in [-0.2, 0) is 5.41 Å². The molecule has 29 heavy (non-hydrogen) atoms. The summed E-state index contributed by atoms with van der Waals surface area (Å²) in [6.45, 7) is 4.56. The number of rotatable bonds is 1. The lowest BCUT2D eigenvalue weighted by atomic mass is 9.81. The molecule has 0 N–H and O–H groups in total. The normalized spacial score (nSPS) is 14.3. The summed E-state index contributed by atoms with van der Waals surface area (Å²) < 4.78 is 6.10. The second-order valence-electron chi connectivity index (χ2n) is 8.36. The van der Waals surface area contributed by atoms with Crippen LogP contribution in [0.5, 0.6) is 0 Å². The molecule has 0 saturated carbocycles. The third-order valence-corrected chi connectivity index (χ3v) is 6.64. The predicted molar refractivity (Wildman–Crippen MR) is 122 cm³/mol. The molecule has 0 amide bonds. The smallest absolute Gasteiger partial charge is 0.136 e. The van der Waals surface area contributed by atoms with Crippen molar-refractivity contribution >= 4 is 33.5 Å². The van der Waals surface area contributed by atoms with E-state index in [9.17, 15) is 0 Å². The highest BCUT2D eigenvalue weighted by molar-refractivity contribution is 6.34. The molecule has 0 saturated heterocycles. The average Bonchev–Trinajstić information content (AvgIpc) is 3.21. The fraction of sp³-hybridized carbons (Fsp3) is 0.111. The van der Waals surface area contributed by atoms with Crippen molar-refractivity contribution in [2.45, 2.75) is 19.3 Å². The highest BCUT2D eigenvalue weighted by Crippen LogP contribution is 2.52. The summed E-state index contributed by atoms with van der Waals surface area (Å²) in [4.78, 5) is 0. The van der Waals surface area contributed by atoms with E-state index in [-0.39, 0.29) is 5.41 Å². The summed E-state index contributed by atoms with van der Waals surface area (Å²) in [5.74, 6) is 0. The van der Waals surface area contributed by atoms with E-state index in [2.05, 4.69) is 74.5 Å². The van der Waals surface area contributed by atoms with E-state index in [0.29, 0.717) is 0 Å². The molecular weight excluding hydrogens is 376 g/mol. The molecule has 1 aliphatic carbocycles. The van der Waals surface area contributed by atoms with Gasteiger partial charge in [-0.15, -0.1) is 0 Å². The van der Waals surface area contributed by atoms with Gasteiger partial charge in [-0.1, -0.05) is 74.0 Å². The molecule has 0 bridgehead atoms. The molecule has 1 aliphatic rings. The molecule has 0 spiro atoms. The Bertz CT molecular complexity index is 1440. The summed E-state index contributed by atoms with van der Waals surface area (Å²) in [7, 11) is 0. The number of para-hydroxylation sites is 1. The van der Waals surface area contributed by atoms with Crippen LogP contribution in [0.15, 0.2) is 83.3 Å². The zero-order valence-corrected chi connectivity index (χ0v) is 17.0. The molecular formula is C27H19ClO. The van der Waals surface area contributed by atoms with Crippen LogP contribution in [0.1, 0.15) is 25.0 Å². The van der Waals surface area contributed by atoms with Gasteiger partial charge in [0.2, 0.25) is 0 Å². The van der Waals surface area contributed by atoms with Crippen molar-refractivity contribution in [3.05, 3.63) is 95.0 Å². The minimum atomic E-state index is -0.0744. The van der Waals surface area contributed by atoms with E-state index in [1.54, 1.807) is 0 Å². The van der Waals surface area contributed by atoms with E-state index in [1.165, 1.54) is 22.3 Å². The molecule has 5 aromatic rings. The minimum Gasteiger partial charge on any atom is -0.456 e. The fourth-order valence-electron chi connectivity index (χ4n) is 4.84. The van der Waals surface area contributed by atoms with Gasteiger partial charge in [-0.25, -0.2) is 0 Å². The van der Waals surface area contributed by atoms with Crippen LogP contribution in [0.25, 0.3) is 44.2 Å². The molecule has 0 radical (unpaired) electrons. The number of fused-ring (bicyclic) bond motifs is 6. The van der Waals surface area contributed by atoms with Crippen LogP contribution in [0, 0.1) is 0 Å². The summed E-state index contributed by atoms with van der Waals surface area (Å²) in [5, 5.41) is 3.10. The second-order valence-corrected chi connectivity index (χ2v) is 8.77. The SMILES string of the molecule is CC1(C)c2ccccc2-c2c(Cl)cc(-c3ccc4c(c3)oc3ccccc34)cc21. The molecule has 1 heterocycles. The maximum atomic E-state index is 6.84. The molecule has 140 valence electrons. The summed E-state index contributed by atoms with van der Waals surface area (Å²) in [5.41, 5.74) is 9.02. The van der Waals surface area contributed by atoms with Gasteiger partial charge in [0.05, 0.1) is 0 Å². The quantitative estimate of drug-likeness (QED) is 0.279. The Kier molecular flexibility index (Phi) is 3.34. The first-order valence-electron chi connectivity index (χ1n) is 9.89. The van der Waals surface area contributed by atoms with Crippen molar-refractivity contribution in [1.29, 1.82) is 0 Å². The van der Waals surface area contributed by atoms with Gasteiger partial charge in [-0.2, -0.15) is 0 Å². The van der Waals surface area contributed by atoms with Gasteiger partial charge >= 0.3 is 0 Å². The lowest BCUT2D eigenvalue weighted by molar-refractivity contribution is 0.660. The maximum Gasteiger partial charge on any atom is 0.136 e. The number of hydrogen-bond donors (Lipinski definition) is 0. The highest BCUT2D eigenvalue weighted by atomic mass is 35.5. The molecule has 0 unspecified atom stereocenters. The Morgan fingerprint density at radius 3 is 2.34 bits per heavy atom. The summed E-state index contributed by atoms with van der Waals surface area (Å²) in [6, 6.07) is 27.6. The molecule has 0 atom stereocenters. The fourth-order valence-corrected chi connectivity index (χ4v) is 5.16. The minimum absolute atomic E-state index is 0.0744. The molecule has 0 fully saturated rings. The molecule has 6 rings (SSSR count). The molecule has 1 aromatic heterocycles. The van der Waals surface area contributed by atoms with Crippen molar-refractivity contribution in [3.63, 3.8) is 0 Å². The van der Waals surface area contributed by atoms with Crippen LogP contribution in [0.4, 0.5) is 0 Å². The first kappa shape index (κ1) is 16.9. The Morgan fingerprint density at radius 2 is 1.45 bits per heavy atom. The first-order valence-corrected chi connectivity index (χ1v) is 10.3. The van der Waals surface area contributed by atoms with Crippen molar-refractivity contribution in [1.82, 2.24) is 0 Å². The van der Waals surface area contributed by atoms with Gasteiger partial charge in [0.25, 0.3) is 0 Å². The van der Waals surface area contributed by atoms with Crippen LogP contribution in [-0.4, -0.2) is 0 Å². The van der Waals surface area contributed by atoms with Gasteiger partial charge in [0, 0.05) is 26.8 Å². The molecule has 2 heteroatoms. The van der Waals surface area contributed by atoms with Gasteiger partial charge in [-0.05, 0) is 58.1 Å². The molecule has 4 aromatic carbocycles. The Balaban J connectivity index is 1.57. The zero-order chi connectivity index (χ0) is 19.8. The van der Waals surface area contributed by atoms with Crippen LogP contribution < -0.4 is 0 Å². The van der Waals surface area contributed by atoms with Gasteiger partial charge < -0.3 is 4.42 Å². The van der Waals surface area contributed by atoms with Gasteiger partial charge in [0.15, 0.2) is 0 Å². The maximum absolute atomic E-state index is 6.84. The molecule has 1 nitrogen and oxygen atoms in total. The predicted octanol–water partition coefficient (Wildman–Crippen LogP) is 8.21. The van der Waals surface area contributed by atoms with Gasteiger partial charge in [-0.3, -0.25) is 0 Å². The number of hydrogen-bond acceptors (Lipinski definition) is 1. The topological polar surface area (TPSA) is 13.1 Å². The second kappa shape index (κ2) is 5.75.